The molecule has 122 valence electrons. The number of nitrogens with two attached hydrogens (primary N) is 1. The van der Waals surface area contributed by atoms with Crippen molar-refractivity contribution in [1.82, 2.24) is 10.2 Å². The fourth-order valence-corrected chi connectivity index (χ4v) is 4.30. The van der Waals surface area contributed by atoms with Crippen LogP contribution in [0.2, 0.25) is 0 Å². The number of hydrogen-bond donors (Lipinski definition) is 2. The number of amides is 1. The van der Waals surface area contributed by atoms with Crippen LogP contribution in [0.25, 0.3) is 0 Å². The molecule has 2 rings (SSSR count). The van der Waals surface area contributed by atoms with Gasteiger partial charge in [-0.05, 0) is 58.9 Å². The minimum Gasteiger partial charge on any atom is -0.368 e. The zero-order chi connectivity index (χ0) is 15.5. The molecular weight excluding hydrogens is 262 g/mol. The zero-order valence-corrected chi connectivity index (χ0v) is 14.0. The van der Waals surface area contributed by atoms with E-state index in [1.54, 1.807) is 0 Å². The second-order valence-electron chi connectivity index (χ2n) is 7.59. The summed E-state index contributed by atoms with van der Waals surface area (Å²) in [7, 11) is 2.23. The van der Waals surface area contributed by atoms with Crippen molar-refractivity contribution in [2.24, 2.45) is 11.7 Å². The summed E-state index contributed by atoms with van der Waals surface area (Å²) < 4.78 is 0. The third-order valence-corrected chi connectivity index (χ3v) is 5.42. The van der Waals surface area contributed by atoms with Gasteiger partial charge in [-0.15, -0.1) is 0 Å². The highest BCUT2D eigenvalue weighted by Gasteiger charge is 2.45. The highest BCUT2D eigenvalue weighted by Crippen LogP contribution is 2.34. The molecule has 2 aliphatic carbocycles. The van der Waals surface area contributed by atoms with Crippen LogP contribution in [0, 0.1) is 5.92 Å². The lowest BCUT2D eigenvalue weighted by molar-refractivity contribution is -0.124. The van der Waals surface area contributed by atoms with Crippen LogP contribution in [0.4, 0.5) is 0 Å². The van der Waals surface area contributed by atoms with Crippen LogP contribution in [0.3, 0.4) is 0 Å². The van der Waals surface area contributed by atoms with E-state index < -0.39 is 5.54 Å². The first kappa shape index (κ1) is 16.8. The van der Waals surface area contributed by atoms with Gasteiger partial charge in [-0.25, -0.2) is 0 Å². The summed E-state index contributed by atoms with van der Waals surface area (Å²) in [6, 6.07) is 0.783. The van der Waals surface area contributed by atoms with Crippen LogP contribution < -0.4 is 11.1 Å². The number of carbonyl (C=O) groups is 1. The van der Waals surface area contributed by atoms with Gasteiger partial charge in [0.2, 0.25) is 5.91 Å². The monoisotopic (exact) mass is 295 g/mol. The Morgan fingerprint density at radius 2 is 1.95 bits per heavy atom. The van der Waals surface area contributed by atoms with Gasteiger partial charge in [-0.2, -0.15) is 0 Å². The van der Waals surface area contributed by atoms with Gasteiger partial charge in [0, 0.05) is 18.6 Å². The first-order chi connectivity index (χ1) is 9.93. The quantitative estimate of drug-likeness (QED) is 0.790. The molecule has 0 saturated heterocycles. The number of nitrogens with zero attached hydrogens (tertiary/aromatic N) is 1. The van der Waals surface area contributed by atoms with Crippen molar-refractivity contribution < 1.29 is 4.79 Å². The standard InChI is InChI=1S/C17H33N3O/c1-13(2)19-17(16(18)21)10-9-15(11-17)20(3)12-14-7-5-4-6-8-14/h13-15,19H,4-12H2,1-3H3,(H2,18,21). The predicted molar refractivity (Wildman–Crippen MR) is 87.0 cm³/mol. The Morgan fingerprint density at radius 3 is 2.52 bits per heavy atom. The van der Waals surface area contributed by atoms with Crippen LogP contribution in [0.15, 0.2) is 0 Å². The van der Waals surface area contributed by atoms with E-state index in [0.717, 1.165) is 25.2 Å². The van der Waals surface area contributed by atoms with Crippen molar-refractivity contribution in [3.05, 3.63) is 0 Å². The lowest BCUT2D eigenvalue weighted by atomic mass is 9.88. The predicted octanol–water partition coefficient (Wildman–Crippen LogP) is 2.27. The molecule has 2 atom stereocenters. The summed E-state index contributed by atoms with van der Waals surface area (Å²) >= 11 is 0. The molecule has 0 spiro atoms. The van der Waals surface area contributed by atoms with E-state index in [0.29, 0.717) is 12.1 Å². The van der Waals surface area contributed by atoms with E-state index in [9.17, 15) is 4.79 Å². The Bertz CT molecular complexity index is 352. The smallest absolute Gasteiger partial charge is 0.237 e. The Hall–Kier alpha value is -0.610. The Morgan fingerprint density at radius 1 is 1.29 bits per heavy atom. The highest BCUT2D eigenvalue weighted by molar-refractivity contribution is 5.85. The Labute approximate surface area is 129 Å². The van der Waals surface area contributed by atoms with Crippen LogP contribution in [0.1, 0.15) is 65.2 Å². The minimum atomic E-state index is -0.486. The molecule has 4 nitrogen and oxygen atoms in total. The number of rotatable bonds is 6. The van der Waals surface area contributed by atoms with Crippen LogP contribution in [-0.4, -0.2) is 42.0 Å². The van der Waals surface area contributed by atoms with E-state index in [1.807, 2.05) is 0 Å². The van der Waals surface area contributed by atoms with E-state index in [1.165, 1.54) is 38.6 Å². The van der Waals surface area contributed by atoms with Crippen molar-refractivity contribution in [3.63, 3.8) is 0 Å². The van der Waals surface area contributed by atoms with Gasteiger partial charge >= 0.3 is 0 Å². The van der Waals surface area contributed by atoms with Crippen molar-refractivity contribution >= 4 is 5.91 Å². The summed E-state index contributed by atoms with van der Waals surface area (Å²) in [5, 5.41) is 3.44. The van der Waals surface area contributed by atoms with Gasteiger partial charge in [-0.3, -0.25) is 4.79 Å². The molecule has 0 aromatic rings. The van der Waals surface area contributed by atoms with Gasteiger partial charge in [0.1, 0.15) is 0 Å². The normalized spacial score (nSPS) is 31.2. The third-order valence-electron chi connectivity index (χ3n) is 5.42. The van der Waals surface area contributed by atoms with Gasteiger partial charge in [0.15, 0.2) is 0 Å². The average Bonchev–Trinajstić information content (AvgIpc) is 2.85. The number of hydrogen-bond acceptors (Lipinski definition) is 3. The fourth-order valence-electron chi connectivity index (χ4n) is 4.30. The second kappa shape index (κ2) is 7.10. The largest absolute Gasteiger partial charge is 0.368 e. The lowest BCUT2D eigenvalue weighted by Gasteiger charge is -2.33. The summed E-state index contributed by atoms with van der Waals surface area (Å²) in [6.07, 6.45) is 9.76. The molecule has 1 amide bonds. The molecule has 2 saturated carbocycles. The topological polar surface area (TPSA) is 58.4 Å². The number of carbonyl (C=O) groups excluding carboxylic acids is 1. The second-order valence-corrected chi connectivity index (χ2v) is 7.59. The average molecular weight is 295 g/mol. The molecule has 4 heteroatoms. The van der Waals surface area contributed by atoms with Crippen LogP contribution in [0.5, 0.6) is 0 Å². The van der Waals surface area contributed by atoms with Gasteiger partial charge in [0.05, 0.1) is 5.54 Å². The highest BCUT2D eigenvalue weighted by atomic mass is 16.1. The molecular formula is C17H33N3O. The van der Waals surface area contributed by atoms with E-state index in [4.69, 9.17) is 5.73 Å². The SMILES string of the molecule is CC(C)NC1(C(N)=O)CCC(N(C)CC2CCCCC2)C1. The van der Waals surface area contributed by atoms with E-state index in [2.05, 4.69) is 31.1 Å². The molecule has 21 heavy (non-hydrogen) atoms. The maximum Gasteiger partial charge on any atom is 0.237 e. The molecule has 2 unspecified atom stereocenters. The van der Waals surface area contributed by atoms with Crippen LogP contribution in [-0.2, 0) is 4.79 Å². The number of primary amides is 1. The number of nitrogens with one attached hydrogen (secondary N) is 1. The minimum absolute atomic E-state index is 0.176. The van der Waals surface area contributed by atoms with Crippen molar-refractivity contribution in [2.45, 2.75) is 82.8 Å². The molecule has 0 aromatic carbocycles. The molecule has 3 N–H and O–H groups in total. The fraction of sp³-hybridized carbons (Fsp3) is 0.941. The molecule has 0 bridgehead atoms. The summed E-state index contributed by atoms with van der Waals surface area (Å²) in [6.45, 7) is 5.36. The lowest BCUT2D eigenvalue weighted by Crippen LogP contribution is -2.56. The first-order valence-corrected chi connectivity index (χ1v) is 8.71. The molecule has 0 heterocycles. The molecule has 0 radical (unpaired) electrons. The molecule has 2 aliphatic rings. The maximum absolute atomic E-state index is 12.0. The van der Waals surface area contributed by atoms with E-state index in [-0.39, 0.29) is 5.91 Å². The Balaban J connectivity index is 1.91. The van der Waals surface area contributed by atoms with E-state index >= 15 is 0 Å². The van der Waals surface area contributed by atoms with Gasteiger partial charge < -0.3 is 16.0 Å². The molecule has 0 aliphatic heterocycles. The van der Waals surface area contributed by atoms with Crippen molar-refractivity contribution in [2.75, 3.05) is 13.6 Å². The zero-order valence-electron chi connectivity index (χ0n) is 14.0. The van der Waals surface area contributed by atoms with Crippen molar-refractivity contribution in [1.29, 1.82) is 0 Å². The van der Waals surface area contributed by atoms with Crippen LogP contribution >= 0.6 is 0 Å². The van der Waals surface area contributed by atoms with Crippen molar-refractivity contribution in [3.8, 4) is 0 Å². The maximum atomic E-state index is 12.0. The first-order valence-electron chi connectivity index (χ1n) is 8.71. The third kappa shape index (κ3) is 4.19. The molecule has 0 aromatic heterocycles. The summed E-state index contributed by atoms with van der Waals surface area (Å²) in [5.41, 5.74) is 5.22. The van der Waals surface area contributed by atoms with Gasteiger partial charge in [-0.1, -0.05) is 19.3 Å². The van der Waals surface area contributed by atoms with Gasteiger partial charge in [0.25, 0.3) is 0 Å². The summed E-state index contributed by atoms with van der Waals surface area (Å²) in [5.74, 6) is 0.676. The Kier molecular flexibility index (Phi) is 5.67. The molecule has 2 fully saturated rings. The summed E-state index contributed by atoms with van der Waals surface area (Å²) in [4.78, 5) is 14.4.